The lowest BCUT2D eigenvalue weighted by Crippen LogP contribution is -2.14. The van der Waals surface area contributed by atoms with Gasteiger partial charge >= 0.3 is 5.97 Å². The number of fused-ring (bicyclic) bond motifs is 1. The molecular formula is C22H21N3O5S. The summed E-state index contributed by atoms with van der Waals surface area (Å²) in [6, 6.07) is 9.11. The topological polar surface area (TPSA) is 106 Å². The number of thiazole rings is 1. The number of hydrogen-bond acceptors (Lipinski definition) is 7. The predicted octanol–water partition coefficient (Wildman–Crippen LogP) is 4.85. The molecule has 1 amide bonds. The van der Waals surface area contributed by atoms with Crippen LogP contribution in [0.25, 0.3) is 22.2 Å². The van der Waals surface area contributed by atoms with Crippen LogP contribution in [0.5, 0.6) is 0 Å². The Morgan fingerprint density at radius 2 is 2.10 bits per heavy atom. The number of ether oxygens (including phenoxy) is 2. The van der Waals surface area contributed by atoms with Crippen molar-refractivity contribution in [1.82, 2.24) is 9.97 Å². The van der Waals surface area contributed by atoms with Gasteiger partial charge in [0.2, 0.25) is 0 Å². The average Bonchev–Trinajstić information content (AvgIpc) is 3.49. The number of amides is 1. The number of carbonyl (C=O) groups is 2. The molecule has 3 heterocycles. The average molecular weight is 439 g/mol. The Balaban J connectivity index is 1.56. The van der Waals surface area contributed by atoms with Crippen molar-refractivity contribution in [2.45, 2.75) is 26.6 Å². The normalized spacial score (nSPS) is 11.2. The lowest BCUT2D eigenvalue weighted by Gasteiger charge is -2.08. The first kappa shape index (κ1) is 20.8. The van der Waals surface area contributed by atoms with E-state index in [4.69, 9.17) is 13.9 Å². The minimum Gasteiger partial charge on any atom is -0.464 e. The molecule has 8 nitrogen and oxygen atoms in total. The fourth-order valence-electron chi connectivity index (χ4n) is 3.06. The maximum Gasteiger partial charge on any atom is 0.354 e. The summed E-state index contributed by atoms with van der Waals surface area (Å²) >= 11 is 1.28. The maximum atomic E-state index is 13.0. The Kier molecular flexibility index (Phi) is 5.88. The molecule has 0 aliphatic carbocycles. The van der Waals surface area contributed by atoms with Gasteiger partial charge in [0.05, 0.1) is 25.5 Å². The monoisotopic (exact) mass is 439 g/mol. The number of methoxy groups -OCH3 is 1. The van der Waals surface area contributed by atoms with Gasteiger partial charge in [-0.15, -0.1) is 11.3 Å². The minimum absolute atomic E-state index is 0.0160. The van der Waals surface area contributed by atoms with Crippen molar-refractivity contribution in [3.05, 3.63) is 58.9 Å². The SMILES string of the molecule is COC(=O)c1cc(-c2csc(NC(=O)c3oc4ccccc4c3COC(C)C)n2)c[nH]1. The molecule has 0 aliphatic rings. The Labute approximate surface area is 182 Å². The number of para-hydroxylation sites is 1. The largest absolute Gasteiger partial charge is 0.464 e. The first-order chi connectivity index (χ1) is 15.0. The van der Waals surface area contributed by atoms with Crippen LogP contribution in [0.15, 0.2) is 46.3 Å². The second kappa shape index (κ2) is 8.75. The van der Waals surface area contributed by atoms with E-state index >= 15 is 0 Å². The highest BCUT2D eigenvalue weighted by Crippen LogP contribution is 2.29. The molecule has 0 atom stereocenters. The molecule has 4 aromatic rings. The fourth-order valence-corrected chi connectivity index (χ4v) is 3.78. The number of nitrogens with one attached hydrogen (secondary N) is 2. The van der Waals surface area contributed by atoms with Crippen LogP contribution < -0.4 is 5.32 Å². The van der Waals surface area contributed by atoms with Gasteiger partial charge in [-0.1, -0.05) is 18.2 Å². The van der Waals surface area contributed by atoms with Crippen LogP contribution in [0.3, 0.4) is 0 Å². The number of H-pyrrole nitrogens is 1. The van der Waals surface area contributed by atoms with E-state index in [0.717, 1.165) is 5.39 Å². The zero-order valence-corrected chi connectivity index (χ0v) is 18.0. The van der Waals surface area contributed by atoms with E-state index in [0.29, 0.717) is 33.2 Å². The molecule has 2 N–H and O–H groups in total. The van der Waals surface area contributed by atoms with Crippen molar-refractivity contribution < 1.29 is 23.5 Å². The van der Waals surface area contributed by atoms with Gasteiger partial charge in [-0.05, 0) is 26.0 Å². The number of anilines is 1. The van der Waals surface area contributed by atoms with Crippen LogP contribution in [-0.4, -0.2) is 35.1 Å². The van der Waals surface area contributed by atoms with E-state index in [-0.39, 0.29) is 18.5 Å². The van der Waals surface area contributed by atoms with Gasteiger partial charge in [0.1, 0.15) is 11.3 Å². The van der Waals surface area contributed by atoms with Crippen molar-refractivity contribution in [2.75, 3.05) is 12.4 Å². The lowest BCUT2D eigenvalue weighted by molar-refractivity contribution is 0.0594. The van der Waals surface area contributed by atoms with Crippen LogP contribution in [0.1, 0.15) is 40.5 Å². The van der Waals surface area contributed by atoms with Crippen LogP contribution in [-0.2, 0) is 16.1 Å². The molecule has 0 bridgehead atoms. The predicted molar refractivity (Wildman–Crippen MR) is 117 cm³/mol. The molecule has 0 fully saturated rings. The van der Waals surface area contributed by atoms with Gasteiger partial charge in [0, 0.05) is 28.1 Å². The highest BCUT2D eigenvalue weighted by molar-refractivity contribution is 7.14. The summed E-state index contributed by atoms with van der Waals surface area (Å²) in [6.45, 7) is 4.14. The Morgan fingerprint density at radius 3 is 2.87 bits per heavy atom. The van der Waals surface area contributed by atoms with E-state index in [1.165, 1.54) is 18.4 Å². The molecule has 160 valence electrons. The number of benzene rings is 1. The third kappa shape index (κ3) is 4.37. The van der Waals surface area contributed by atoms with E-state index in [1.54, 1.807) is 17.6 Å². The first-order valence-corrected chi connectivity index (χ1v) is 10.5. The molecule has 4 rings (SSSR count). The van der Waals surface area contributed by atoms with Crippen LogP contribution >= 0.6 is 11.3 Å². The summed E-state index contributed by atoms with van der Waals surface area (Å²) in [4.78, 5) is 31.9. The van der Waals surface area contributed by atoms with E-state index < -0.39 is 11.9 Å². The van der Waals surface area contributed by atoms with Gasteiger partial charge in [-0.25, -0.2) is 9.78 Å². The van der Waals surface area contributed by atoms with E-state index in [9.17, 15) is 9.59 Å². The van der Waals surface area contributed by atoms with E-state index in [1.807, 2.05) is 38.1 Å². The summed E-state index contributed by atoms with van der Waals surface area (Å²) < 4.78 is 16.3. The van der Waals surface area contributed by atoms with Crippen molar-refractivity contribution in [3.63, 3.8) is 0 Å². The molecule has 0 spiro atoms. The number of furan rings is 1. The molecular weight excluding hydrogens is 418 g/mol. The van der Waals surface area contributed by atoms with E-state index in [2.05, 4.69) is 15.3 Å². The third-order valence-corrected chi connectivity index (χ3v) is 5.33. The molecule has 9 heteroatoms. The van der Waals surface area contributed by atoms with Crippen molar-refractivity contribution in [1.29, 1.82) is 0 Å². The second-order valence-corrected chi connectivity index (χ2v) is 7.91. The molecule has 3 aromatic heterocycles. The van der Waals surface area contributed by atoms with Crippen LogP contribution in [0.4, 0.5) is 5.13 Å². The quantitative estimate of drug-likeness (QED) is 0.399. The first-order valence-electron chi connectivity index (χ1n) is 9.62. The number of hydrogen-bond donors (Lipinski definition) is 2. The second-order valence-electron chi connectivity index (χ2n) is 7.05. The summed E-state index contributed by atoms with van der Waals surface area (Å²) in [7, 11) is 1.32. The third-order valence-electron chi connectivity index (χ3n) is 4.57. The molecule has 0 saturated carbocycles. The number of carbonyl (C=O) groups excluding carboxylic acids is 2. The molecule has 0 saturated heterocycles. The number of nitrogens with zero attached hydrogens (tertiary/aromatic N) is 1. The number of aromatic amines is 1. The number of esters is 1. The van der Waals surface area contributed by atoms with Crippen LogP contribution in [0, 0.1) is 0 Å². The Bertz CT molecular complexity index is 1240. The van der Waals surface area contributed by atoms with Crippen LogP contribution in [0.2, 0.25) is 0 Å². The summed E-state index contributed by atoms with van der Waals surface area (Å²) in [6.07, 6.45) is 1.68. The van der Waals surface area contributed by atoms with Crippen molar-refractivity contribution in [3.8, 4) is 11.3 Å². The summed E-state index contributed by atoms with van der Waals surface area (Å²) in [5.41, 5.74) is 2.99. The van der Waals surface area contributed by atoms with Gasteiger partial charge < -0.3 is 18.9 Å². The standard InChI is InChI=1S/C22H21N3O5S/c1-12(2)29-10-15-14-6-4-5-7-18(14)30-19(15)20(26)25-22-24-17(11-31-22)13-8-16(23-9-13)21(27)28-3/h4-9,11-12,23H,10H2,1-3H3,(H,24,25,26). The van der Waals surface area contributed by atoms with Gasteiger partial charge in [-0.3, -0.25) is 10.1 Å². The molecule has 0 aliphatic heterocycles. The Morgan fingerprint density at radius 1 is 1.29 bits per heavy atom. The van der Waals surface area contributed by atoms with Crippen molar-refractivity contribution in [2.24, 2.45) is 0 Å². The van der Waals surface area contributed by atoms with Crippen molar-refractivity contribution >= 4 is 39.3 Å². The molecule has 31 heavy (non-hydrogen) atoms. The zero-order chi connectivity index (χ0) is 22.0. The molecule has 0 unspecified atom stereocenters. The maximum absolute atomic E-state index is 13.0. The number of aromatic nitrogens is 2. The highest BCUT2D eigenvalue weighted by Gasteiger charge is 2.22. The Hall–Kier alpha value is -3.43. The highest BCUT2D eigenvalue weighted by atomic mass is 32.1. The lowest BCUT2D eigenvalue weighted by atomic mass is 10.1. The van der Waals surface area contributed by atoms with Gasteiger partial charge in [0.15, 0.2) is 10.9 Å². The molecule has 0 radical (unpaired) electrons. The molecule has 1 aromatic carbocycles. The summed E-state index contributed by atoms with van der Waals surface area (Å²) in [5, 5.41) is 5.85. The zero-order valence-electron chi connectivity index (χ0n) is 17.2. The van der Waals surface area contributed by atoms with Gasteiger partial charge in [0.25, 0.3) is 5.91 Å². The smallest absolute Gasteiger partial charge is 0.354 e. The minimum atomic E-state index is -0.462. The summed E-state index contributed by atoms with van der Waals surface area (Å²) in [5.74, 6) is -0.659. The number of rotatable bonds is 7. The fraction of sp³-hybridized carbons (Fsp3) is 0.227. The van der Waals surface area contributed by atoms with Gasteiger partial charge in [-0.2, -0.15) is 0 Å².